The van der Waals surface area contributed by atoms with Gasteiger partial charge in [-0.2, -0.15) is 0 Å². The molecule has 0 aromatic carbocycles. The van der Waals surface area contributed by atoms with Crippen molar-refractivity contribution in [3.8, 4) is 0 Å². The highest BCUT2D eigenvalue weighted by molar-refractivity contribution is 5.81. The Kier molecular flexibility index (Phi) is 5.34. The number of likely N-dealkylation sites (tertiary alicyclic amines) is 1. The Balaban J connectivity index is 1.43. The van der Waals surface area contributed by atoms with Gasteiger partial charge in [0.1, 0.15) is 0 Å². The fourth-order valence-corrected chi connectivity index (χ4v) is 3.95. The number of nitrogens with zero attached hydrogens (tertiary/aromatic N) is 1. The Morgan fingerprint density at radius 2 is 1.50 bits per heavy atom. The highest BCUT2D eigenvalue weighted by Crippen LogP contribution is 2.24. The van der Waals surface area contributed by atoms with Gasteiger partial charge in [0.2, 0.25) is 11.8 Å². The van der Waals surface area contributed by atoms with Gasteiger partial charge in [-0.15, -0.1) is 0 Å². The molecule has 2 saturated heterocycles. The molecule has 1 saturated carbocycles. The van der Waals surface area contributed by atoms with Crippen molar-refractivity contribution in [3.05, 3.63) is 0 Å². The third-order valence-corrected chi connectivity index (χ3v) is 5.45. The first kappa shape index (κ1) is 15.8. The van der Waals surface area contributed by atoms with Crippen molar-refractivity contribution in [1.82, 2.24) is 10.2 Å². The number of piperidine rings is 1. The fraction of sp³-hybridized carbons (Fsp3) is 0.882. The van der Waals surface area contributed by atoms with Gasteiger partial charge in [-0.1, -0.05) is 12.8 Å². The number of carbonyl (C=O) groups is 2. The Labute approximate surface area is 132 Å². The molecule has 0 aromatic rings. The van der Waals surface area contributed by atoms with E-state index in [1.807, 2.05) is 4.90 Å². The quantitative estimate of drug-likeness (QED) is 0.863. The first-order chi connectivity index (χ1) is 10.7. The number of hydrogen-bond acceptors (Lipinski definition) is 3. The Morgan fingerprint density at radius 3 is 2.14 bits per heavy atom. The Morgan fingerprint density at radius 1 is 0.864 bits per heavy atom. The van der Waals surface area contributed by atoms with Gasteiger partial charge in [0.05, 0.1) is 0 Å². The largest absolute Gasteiger partial charge is 0.381 e. The molecule has 5 nitrogen and oxygen atoms in total. The van der Waals surface area contributed by atoms with Gasteiger partial charge >= 0.3 is 0 Å². The van der Waals surface area contributed by atoms with Crippen LogP contribution in [0.25, 0.3) is 0 Å². The standard InChI is InChI=1S/C17H28N2O3/c20-16(18-15-3-1-2-4-15)13-5-9-19(10-6-13)17(21)14-7-11-22-12-8-14/h13-15H,1-12H2,(H,18,20). The first-order valence-corrected chi connectivity index (χ1v) is 8.91. The minimum atomic E-state index is 0.0966. The van der Waals surface area contributed by atoms with Gasteiger partial charge in [0.25, 0.3) is 0 Å². The lowest BCUT2D eigenvalue weighted by molar-refractivity contribution is -0.141. The molecular weight excluding hydrogens is 280 g/mol. The second-order valence-corrected chi connectivity index (χ2v) is 6.98. The zero-order valence-electron chi connectivity index (χ0n) is 13.4. The van der Waals surface area contributed by atoms with E-state index < -0.39 is 0 Å². The normalized spacial score (nSPS) is 25.4. The van der Waals surface area contributed by atoms with E-state index in [0.717, 1.165) is 51.6 Å². The van der Waals surface area contributed by atoms with E-state index in [1.165, 1.54) is 12.8 Å². The molecule has 1 aliphatic carbocycles. The van der Waals surface area contributed by atoms with E-state index in [0.29, 0.717) is 19.3 Å². The van der Waals surface area contributed by atoms with Crippen molar-refractivity contribution in [2.24, 2.45) is 11.8 Å². The molecule has 0 bridgehead atoms. The van der Waals surface area contributed by atoms with Gasteiger partial charge in [-0.05, 0) is 38.5 Å². The van der Waals surface area contributed by atoms with Crippen LogP contribution in [0.5, 0.6) is 0 Å². The van der Waals surface area contributed by atoms with Crippen LogP contribution >= 0.6 is 0 Å². The smallest absolute Gasteiger partial charge is 0.225 e. The predicted molar refractivity (Wildman–Crippen MR) is 83.2 cm³/mol. The van der Waals surface area contributed by atoms with Crippen LogP contribution in [0.1, 0.15) is 51.4 Å². The van der Waals surface area contributed by atoms with Gasteiger partial charge in [0.15, 0.2) is 0 Å². The van der Waals surface area contributed by atoms with Gasteiger partial charge in [0, 0.05) is 44.2 Å². The topological polar surface area (TPSA) is 58.6 Å². The summed E-state index contributed by atoms with van der Waals surface area (Å²) < 4.78 is 5.33. The minimum Gasteiger partial charge on any atom is -0.381 e. The zero-order valence-corrected chi connectivity index (χ0v) is 13.4. The summed E-state index contributed by atoms with van der Waals surface area (Å²) in [4.78, 5) is 26.7. The van der Waals surface area contributed by atoms with Crippen LogP contribution in [0.2, 0.25) is 0 Å². The van der Waals surface area contributed by atoms with Crippen LogP contribution in [0.3, 0.4) is 0 Å². The van der Waals surface area contributed by atoms with Crippen LogP contribution in [0, 0.1) is 11.8 Å². The Hall–Kier alpha value is -1.10. The maximum Gasteiger partial charge on any atom is 0.225 e. The SMILES string of the molecule is O=C(NC1CCCC1)C1CCN(C(=O)C2CCOCC2)CC1. The summed E-state index contributed by atoms with van der Waals surface area (Å²) >= 11 is 0. The van der Waals surface area contributed by atoms with Crippen LogP contribution in [0.15, 0.2) is 0 Å². The number of carbonyl (C=O) groups excluding carboxylic acids is 2. The summed E-state index contributed by atoms with van der Waals surface area (Å²) in [6.45, 7) is 2.88. The molecule has 3 fully saturated rings. The molecule has 0 atom stereocenters. The highest BCUT2D eigenvalue weighted by Gasteiger charge is 2.32. The number of nitrogens with one attached hydrogen (secondary N) is 1. The number of hydrogen-bond donors (Lipinski definition) is 1. The molecule has 0 spiro atoms. The monoisotopic (exact) mass is 308 g/mol. The summed E-state index contributed by atoms with van der Waals surface area (Å²) in [5.74, 6) is 0.722. The number of rotatable bonds is 3. The van der Waals surface area contributed by atoms with E-state index in [1.54, 1.807) is 0 Å². The average molecular weight is 308 g/mol. The second kappa shape index (κ2) is 7.44. The van der Waals surface area contributed by atoms with Crippen LogP contribution < -0.4 is 5.32 Å². The second-order valence-electron chi connectivity index (χ2n) is 6.98. The van der Waals surface area contributed by atoms with Gasteiger partial charge in [-0.3, -0.25) is 9.59 Å². The molecule has 0 aromatic heterocycles. The third-order valence-electron chi connectivity index (χ3n) is 5.45. The lowest BCUT2D eigenvalue weighted by Crippen LogP contribution is -2.47. The predicted octanol–water partition coefficient (Wildman–Crippen LogP) is 1.71. The van der Waals surface area contributed by atoms with Gasteiger partial charge < -0.3 is 15.0 Å². The van der Waals surface area contributed by atoms with Crippen LogP contribution in [-0.2, 0) is 14.3 Å². The Bertz CT molecular complexity index is 393. The molecular formula is C17H28N2O3. The number of amides is 2. The lowest BCUT2D eigenvalue weighted by Gasteiger charge is -2.35. The maximum atomic E-state index is 12.5. The molecule has 3 aliphatic rings. The summed E-state index contributed by atoms with van der Waals surface area (Å²) in [7, 11) is 0. The van der Waals surface area contributed by atoms with Crippen molar-refractivity contribution in [1.29, 1.82) is 0 Å². The molecule has 22 heavy (non-hydrogen) atoms. The van der Waals surface area contributed by atoms with Crippen molar-refractivity contribution >= 4 is 11.8 Å². The summed E-state index contributed by atoms with van der Waals surface area (Å²) in [6.07, 6.45) is 8.06. The average Bonchev–Trinajstić information content (AvgIpc) is 3.08. The molecule has 5 heteroatoms. The van der Waals surface area contributed by atoms with Crippen molar-refractivity contribution < 1.29 is 14.3 Å². The molecule has 0 unspecified atom stereocenters. The highest BCUT2D eigenvalue weighted by atomic mass is 16.5. The van der Waals surface area contributed by atoms with Crippen molar-refractivity contribution in [2.75, 3.05) is 26.3 Å². The lowest BCUT2D eigenvalue weighted by atomic mass is 9.92. The third kappa shape index (κ3) is 3.80. The summed E-state index contributed by atoms with van der Waals surface area (Å²) in [5, 5.41) is 3.20. The minimum absolute atomic E-state index is 0.0966. The molecule has 1 N–H and O–H groups in total. The summed E-state index contributed by atoms with van der Waals surface area (Å²) in [6, 6.07) is 0.398. The van der Waals surface area contributed by atoms with E-state index in [9.17, 15) is 9.59 Å². The summed E-state index contributed by atoms with van der Waals surface area (Å²) in [5.41, 5.74) is 0. The van der Waals surface area contributed by atoms with E-state index in [2.05, 4.69) is 5.32 Å². The van der Waals surface area contributed by atoms with E-state index in [4.69, 9.17) is 4.74 Å². The molecule has 0 radical (unpaired) electrons. The molecule has 2 aliphatic heterocycles. The van der Waals surface area contributed by atoms with Crippen molar-refractivity contribution in [3.63, 3.8) is 0 Å². The molecule has 3 rings (SSSR count). The van der Waals surface area contributed by atoms with Gasteiger partial charge in [-0.25, -0.2) is 0 Å². The van der Waals surface area contributed by atoms with E-state index in [-0.39, 0.29) is 23.7 Å². The molecule has 2 heterocycles. The molecule has 124 valence electrons. The van der Waals surface area contributed by atoms with Crippen molar-refractivity contribution in [2.45, 2.75) is 57.4 Å². The first-order valence-electron chi connectivity index (χ1n) is 8.91. The number of ether oxygens (including phenoxy) is 1. The van der Waals surface area contributed by atoms with E-state index >= 15 is 0 Å². The zero-order chi connectivity index (χ0) is 15.4. The molecule has 2 amide bonds. The van der Waals surface area contributed by atoms with Crippen LogP contribution in [0.4, 0.5) is 0 Å². The maximum absolute atomic E-state index is 12.5. The fourth-order valence-electron chi connectivity index (χ4n) is 3.95. The van der Waals surface area contributed by atoms with Crippen LogP contribution in [-0.4, -0.2) is 49.1 Å².